The van der Waals surface area contributed by atoms with Crippen LogP contribution in [-0.4, -0.2) is 42.0 Å². The Bertz CT molecular complexity index is 473. The molecule has 2 rings (SSSR count). The predicted octanol–water partition coefficient (Wildman–Crippen LogP) is 2.41. The Morgan fingerprint density at radius 1 is 1.38 bits per heavy atom. The summed E-state index contributed by atoms with van der Waals surface area (Å²) in [6, 6.07) is 1.81. The summed E-state index contributed by atoms with van der Waals surface area (Å²) < 4.78 is 0. The number of nitrogens with zero attached hydrogens (tertiary/aromatic N) is 2. The first-order valence-corrected chi connectivity index (χ1v) is 9.44. The van der Waals surface area contributed by atoms with E-state index in [1.54, 1.807) is 0 Å². The van der Waals surface area contributed by atoms with Crippen LogP contribution in [0.4, 0.5) is 0 Å². The molecular formula is C19H34N4O. The molecule has 0 aromatic heterocycles. The second-order valence-corrected chi connectivity index (χ2v) is 9.04. The van der Waals surface area contributed by atoms with Crippen LogP contribution in [-0.2, 0) is 4.79 Å². The van der Waals surface area contributed by atoms with E-state index in [2.05, 4.69) is 37.1 Å². The van der Waals surface area contributed by atoms with Crippen LogP contribution in [0.3, 0.4) is 0 Å². The van der Waals surface area contributed by atoms with Gasteiger partial charge in [0.15, 0.2) is 0 Å². The van der Waals surface area contributed by atoms with Crippen molar-refractivity contribution in [2.45, 2.75) is 77.3 Å². The smallest absolute Gasteiger partial charge is 0.238 e. The molecule has 2 aliphatic rings. The van der Waals surface area contributed by atoms with E-state index in [-0.39, 0.29) is 11.3 Å². The van der Waals surface area contributed by atoms with Gasteiger partial charge in [-0.25, -0.2) is 0 Å². The normalized spacial score (nSPS) is 27.6. The van der Waals surface area contributed by atoms with Crippen LogP contribution in [0.15, 0.2) is 0 Å². The highest BCUT2D eigenvalue weighted by Crippen LogP contribution is 2.28. The summed E-state index contributed by atoms with van der Waals surface area (Å²) in [6.07, 6.45) is 7.95. The monoisotopic (exact) mass is 334 g/mol. The molecule has 0 spiro atoms. The van der Waals surface area contributed by atoms with Crippen molar-refractivity contribution in [3.63, 3.8) is 0 Å². The van der Waals surface area contributed by atoms with Crippen LogP contribution in [0.25, 0.3) is 0 Å². The summed E-state index contributed by atoms with van der Waals surface area (Å²) in [7, 11) is 0. The fourth-order valence-electron chi connectivity index (χ4n) is 4.08. The molecule has 3 N–H and O–H groups in total. The number of nitrogens with one attached hydrogen (secondary N) is 1. The van der Waals surface area contributed by atoms with E-state index in [1.807, 2.05) is 0 Å². The average molecular weight is 335 g/mol. The van der Waals surface area contributed by atoms with Crippen molar-refractivity contribution in [2.24, 2.45) is 17.1 Å². The van der Waals surface area contributed by atoms with E-state index in [1.165, 1.54) is 32.1 Å². The summed E-state index contributed by atoms with van der Waals surface area (Å²) in [4.78, 5) is 14.8. The molecule has 2 atom stereocenters. The SMILES string of the molecule is CC(C)(C)CC(N)C(=O)NC1(C#N)CCN(CC2CCCCC2)C1. The standard InChI is InChI=1S/C19H34N4O/c1-18(2,3)11-16(21)17(24)22-19(13-20)9-10-23(14-19)12-15-7-5-4-6-8-15/h15-16H,4-12,14,21H2,1-3H3,(H,22,24). The Morgan fingerprint density at radius 2 is 2.04 bits per heavy atom. The number of hydrogen-bond donors (Lipinski definition) is 2. The molecule has 1 aliphatic carbocycles. The number of rotatable bonds is 5. The molecule has 0 aromatic rings. The van der Waals surface area contributed by atoms with Crippen LogP contribution in [0.1, 0.15) is 65.7 Å². The van der Waals surface area contributed by atoms with Gasteiger partial charge in [0.05, 0.1) is 12.1 Å². The molecule has 24 heavy (non-hydrogen) atoms. The maximum Gasteiger partial charge on any atom is 0.238 e. The summed E-state index contributed by atoms with van der Waals surface area (Å²) >= 11 is 0. The van der Waals surface area contributed by atoms with Gasteiger partial charge in [0, 0.05) is 19.6 Å². The van der Waals surface area contributed by atoms with Gasteiger partial charge in [-0.1, -0.05) is 40.0 Å². The second-order valence-electron chi connectivity index (χ2n) is 9.04. The third kappa shape index (κ3) is 5.46. The molecule has 136 valence electrons. The van der Waals surface area contributed by atoms with Gasteiger partial charge in [-0.2, -0.15) is 5.26 Å². The molecule has 1 heterocycles. The van der Waals surface area contributed by atoms with Gasteiger partial charge in [0.1, 0.15) is 5.54 Å². The summed E-state index contributed by atoms with van der Waals surface area (Å²) in [5, 5.41) is 12.6. The first-order valence-electron chi connectivity index (χ1n) is 9.44. The van der Waals surface area contributed by atoms with E-state index in [9.17, 15) is 10.1 Å². The Kier molecular flexibility index (Phi) is 6.28. The third-order valence-corrected chi connectivity index (χ3v) is 5.34. The zero-order valence-corrected chi connectivity index (χ0v) is 15.6. The third-order valence-electron chi connectivity index (χ3n) is 5.34. The van der Waals surface area contributed by atoms with Crippen molar-refractivity contribution < 1.29 is 4.79 Å². The highest BCUT2D eigenvalue weighted by atomic mass is 16.2. The molecule has 1 saturated heterocycles. The lowest BCUT2D eigenvalue weighted by atomic mass is 9.87. The van der Waals surface area contributed by atoms with Gasteiger partial charge in [-0.15, -0.1) is 0 Å². The lowest BCUT2D eigenvalue weighted by Crippen LogP contribution is -2.55. The minimum Gasteiger partial charge on any atom is -0.335 e. The van der Waals surface area contributed by atoms with E-state index >= 15 is 0 Å². The van der Waals surface area contributed by atoms with Crippen molar-refractivity contribution in [3.05, 3.63) is 0 Å². The van der Waals surface area contributed by atoms with Crippen molar-refractivity contribution in [2.75, 3.05) is 19.6 Å². The molecule has 2 unspecified atom stereocenters. The van der Waals surface area contributed by atoms with E-state index in [0.717, 1.165) is 19.0 Å². The summed E-state index contributed by atoms with van der Waals surface area (Å²) in [5.41, 5.74) is 5.28. The molecule has 1 amide bonds. The van der Waals surface area contributed by atoms with Crippen LogP contribution in [0, 0.1) is 22.7 Å². The lowest BCUT2D eigenvalue weighted by Gasteiger charge is -2.29. The Morgan fingerprint density at radius 3 is 2.62 bits per heavy atom. The zero-order valence-electron chi connectivity index (χ0n) is 15.6. The van der Waals surface area contributed by atoms with E-state index in [0.29, 0.717) is 19.4 Å². The number of hydrogen-bond acceptors (Lipinski definition) is 4. The maximum atomic E-state index is 12.4. The number of nitriles is 1. The largest absolute Gasteiger partial charge is 0.335 e. The number of carbonyl (C=O) groups is 1. The number of nitrogens with two attached hydrogens (primary N) is 1. The molecule has 5 heteroatoms. The summed E-state index contributed by atoms with van der Waals surface area (Å²) in [6.45, 7) is 8.80. The maximum absolute atomic E-state index is 12.4. The average Bonchev–Trinajstić information content (AvgIpc) is 2.90. The fourth-order valence-corrected chi connectivity index (χ4v) is 4.08. The Balaban J connectivity index is 1.88. The molecular weight excluding hydrogens is 300 g/mol. The minimum atomic E-state index is -0.763. The molecule has 2 fully saturated rings. The molecule has 0 radical (unpaired) electrons. The number of likely N-dealkylation sites (tertiary alicyclic amines) is 1. The Labute approximate surface area is 147 Å². The lowest BCUT2D eigenvalue weighted by molar-refractivity contribution is -0.124. The van der Waals surface area contributed by atoms with Crippen LogP contribution in [0.2, 0.25) is 0 Å². The van der Waals surface area contributed by atoms with Gasteiger partial charge in [-0.05, 0) is 37.0 Å². The first-order chi connectivity index (χ1) is 11.2. The van der Waals surface area contributed by atoms with Gasteiger partial charge in [0.25, 0.3) is 0 Å². The fraction of sp³-hybridized carbons (Fsp3) is 0.895. The van der Waals surface area contributed by atoms with E-state index < -0.39 is 11.6 Å². The second kappa shape index (κ2) is 7.84. The Hall–Kier alpha value is -1.12. The molecule has 0 bridgehead atoms. The quantitative estimate of drug-likeness (QED) is 0.809. The number of carbonyl (C=O) groups excluding carboxylic acids is 1. The highest BCUT2D eigenvalue weighted by molar-refractivity contribution is 5.82. The highest BCUT2D eigenvalue weighted by Gasteiger charge is 2.41. The topological polar surface area (TPSA) is 82.1 Å². The number of amides is 1. The van der Waals surface area contributed by atoms with Crippen molar-refractivity contribution in [1.29, 1.82) is 5.26 Å². The van der Waals surface area contributed by atoms with Gasteiger partial charge in [-0.3, -0.25) is 9.69 Å². The molecule has 5 nitrogen and oxygen atoms in total. The van der Waals surface area contributed by atoms with Crippen LogP contribution < -0.4 is 11.1 Å². The molecule has 0 aromatic carbocycles. The minimum absolute atomic E-state index is 0.000737. The molecule has 1 saturated carbocycles. The van der Waals surface area contributed by atoms with Gasteiger partial charge in [0.2, 0.25) is 5.91 Å². The summed E-state index contributed by atoms with van der Waals surface area (Å²) in [5.74, 6) is 0.568. The van der Waals surface area contributed by atoms with Crippen molar-refractivity contribution in [3.8, 4) is 6.07 Å². The van der Waals surface area contributed by atoms with Crippen molar-refractivity contribution in [1.82, 2.24) is 10.2 Å². The van der Waals surface area contributed by atoms with Crippen molar-refractivity contribution >= 4 is 5.91 Å². The van der Waals surface area contributed by atoms with Crippen LogP contribution >= 0.6 is 0 Å². The first kappa shape index (κ1) is 19.2. The van der Waals surface area contributed by atoms with Crippen LogP contribution in [0.5, 0.6) is 0 Å². The van der Waals surface area contributed by atoms with Gasteiger partial charge < -0.3 is 11.1 Å². The van der Waals surface area contributed by atoms with E-state index in [4.69, 9.17) is 5.73 Å². The van der Waals surface area contributed by atoms with Gasteiger partial charge >= 0.3 is 0 Å². The molecule has 1 aliphatic heterocycles. The zero-order chi connectivity index (χ0) is 17.8. The predicted molar refractivity (Wildman–Crippen MR) is 96.2 cm³/mol.